The van der Waals surface area contributed by atoms with E-state index >= 15 is 0 Å². The standard InChI is InChI=1S/C15H30O2/c1-3-5-6-7-8-9-10-11-12-13-14-15(16)17-4-2/h3-14H2,1-2H3/i2D3,4D2. The van der Waals surface area contributed by atoms with Gasteiger partial charge in [-0.1, -0.05) is 64.7 Å². The van der Waals surface area contributed by atoms with Gasteiger partial charge in [0.2, 0.25) is 0 Å². The summed E-state index contributed by atoms with van der Waals surface area (Å²) in [5.74, 6) is -0.777. The molecule has 0 unspecified atom stereocenters. The van der Waals surface area contributed by atoms with E-state index in [2.05, 4.69) is 11.7 Å². The largest absolute Gasteiger partial charge is 0.466 e. The Morgan fingerprint density at radius 2 is 1.53 bits per heavy atom. The van der Waals surface area contributed by atoms with Crippen LogP contribution >= 0.6 is 0 Å². The number of rotatable bonds is 12. The molecule has 0 radical (unpaired) electrons. The number of carbonyl (C=O) groups is 1. The highest BCUT2D eigenvalue weighted by Crippen LogP contribution is 2.11. The molecule has 0 saturated heterocycles. The smallest absolute Gasteiger partial charge is 0.305 e. The predicted octanol–water partition coefficient (Wildman–Crippen LogP) is 4.86. The molecule has 0 fully saturated rings. The minimum Gasteiger partial charge on any atom is -0.466 e. The third-order valence-electron chi connectivity index (χ3n) is 2.90. The number of hydrogen-bond donors (Lipinski definition) is 0. The second kappa shape index (κ2) is 13.5. The van der Waals surface area contributed by atoms with Crippen molar-refractivity contribution in [3.05, 3.63) is 0 Å². The summed E-state index contributed by atoms with van der Waals surface area (Å²) >= 11 is 0. The highest BCUT2D eigenvalue weighted by atomic mass is 16.5. The van der Waals surface area contributed by atoms with E-state index in [4.69, 9.17) is 6.85 Å². The molecule has 0 spiro atoms. The molecule has 0 heterocycles. The van der Waals surface area contributed by atoms with Crippen molar-refractivity contribution in [2.24, 2.45) is 0 Å². The highest BCUT2D eigenvalue weighted by Gasteiger charge is 2.00. The van der Waals surface area contributed by atoms with E-state index in [0.717, 1.165) is 19.3 Å². The van der Waals surface area contributed by atoms with Crippen molar-refractivity contribution in [1.82, 2.24) is 0 Å². The van der Waals surface area contributed by atoms with Crippen LogP contribution in [0.3, 0.4) is 0 Å². The van der Waals surface area contributed by atoms with E-state index in [9.17, 15) is 4.79 Å². The van der Waals surface area contributed by atoms with Crippen LogP contribution in [0.1, 0.15) is 91.3 Å². The molecule has 0 aliphatic rings. The summed E-state index contributed by atoms with van der Waals surface area (Å²) in [6, 6.07) is 0. The van der Waals surface area contributed by atoms with Crippen LogP contribution in [0.25, 0.3) is 0 Å². The zero-order chi connectivity index (χ0) is 17.1. The molecular weight excluding hydrogens is 212 g/mol. The number of hydrogen-bond acceptors (Lipinski definition) is 2. The van der Waals surface area contributed by atoms with E-state index in [1.165, 1.54) is 38.5 Å². The fourth-order valence-electron chi connectivity index (χ4n) is 1.86. The lowest BCUT2D eigenvalue weighted by molar-refractivity contribution is -0.143. The maximum atomic E-state index is 11.4. The molecule has 0 aliphatic carbocycles. The van der Waals surface area contributed by atoms with Crippen LogP contribution in [0.4, 0.5) is 0 Å². The molecule has 0 bridgehead atoms. The lowest BCUT2D eigenvalue weighted by Crippen LogP contribution is -2.03. The second-order valence-electron chi connectivity index (χ2n) is 4.51. The van der Waals surface area contributed by atoms with Gasteiger partial charge in [-0.25, -0.2) is 0 Å². The maximum Gasteiger partial charge on any atom is 0.305 e. The molecule has 2 nitrogen and oxygen atoms in total. The molecule has 0 saturated carbocycles. The van der Waals surface area contributed by atoms with Crippen molar-refractivity contribution in [2.45, 2.75) is 84.4 Å². The third kappa shape index (κ3) is 13.4. The lowest BCUT2D eigenvalue weighted by Gasteiger charge is -2.02. The van der Waals surface area contributed by atoms with Crippen LogP contribution in [0, 0.1) is 0 Å². The van der Waals surface area contributed by atoms with E-state index in [-0.39, 0.29) is 6.42 Å². The van der Waals surface area contributed by atoms with Crippen molar-refractivity contribution >= 4 is 5.97 Å². The Morgan fingerprint density at radius 3 is 2.06 bits per heavy atom. The molecule has 0 aromatic rings. The van der Waals surface area contributed by atoms with E-state index in [1.54, 1.807) is 0 Å². The zero-order valence-corrected chi connectivity index (χ0v) is 11.1. The van der Waals surface area contributed by atoms with Crippen LogP contribution in [-0.4, -0.2) is 12.5 Å². The molecular formula is C15H30O2. The average Bonchev–Trinajstić information content (AvgIpc) is 2.39. The lowest BCUT2D eigenvalue weighted by atomic mass is 10.1. The SMILES string of the molecule is [2H]C([2H])([2H])C([2H])([2H])OC(=O)CCCCCCCCCCCC. The summed E-state index contributed by atoms with van der Waals surface area (Å²) in [5.41, 5.74) is 0. The average molecular weight is 247 g/mol. The van der Waals surface area contributed by atoms with Crippen molar-refractivity contribution < 1.29 is 16.4 Å². The molecule has 0 amide bonds. The summed E-state index contributed by atoms with van der Waals surface area (Å²) in [6.07, 6.45) is 11.4. The van der Waals surface area contributed by atoms with Gasteiger partial charge in [0.05, 0.1) is 9.30 Å². The Balaban J connectivity index is 3.54. The van der Waals surface area contributed by atoms with Gasteiger partial charge in [-0.15, -0.1) is 0 Å². The van der Waals surface area contributed by atoms with Crippen molar-refractivity contribution in [3.63, 3.8) is 0 Å². The Kier molecular flexibility index (Phi) is 7.49. The van der Waals surface area contributed by atoms with Crippen molar-refractivity contribution in [3.8, 4) is 0 Å². The first-order valence-electron chi connectivity index (χ1n) is 9.42. The summed E-state index contributed by atoms with van der Waals surface area (Å²) in [5, 5.41) is 0. The number of ether oxygens (including phenoxy) is 1. The van der Waals surface area contributed by atoms with Crippen LogP contribution in [0.2, 0.25) is 0 Å². The molecule has 0 rings (SSSR count). The monoisotopic (exact) mass is 247 g/mol. The topological polar surface area (TPSA) is 26.3 Å². The molecule has 0 atom stereocenters. The van der Waals surface area contributed by atoms with Gasteiger partial charge < -0.3 is 4.74 Å². The minimum absolute atomic E-state index is 0.0755. The van der Waals surface area contributed by atoms with Gasteiger partial charge >= 0.3 is 5.97 Å². The van der Waals surface area contributed by atoms with Gasteiger partial charge in [-0.2, -0.15) is 0 Å². The number of unbranched alkanes of at least 4 members (excludes halogenated alkanes) is 9. The first-order valence-corrected chi connectivity index (χ1v) is 6.92. The van der Waals surface area contributed by atoms with Gasteiger partial charge in [0.15, 0.2) is 0 Å². The van der Waals surface area contributed by atoms with E-state index in [0.29, 0.717) is 6.42 Å². The maximum absolute atomic E-state index is 11.4. The van der Waals surface area contributed by atoms with Gasteiger partial charge in [-0.3, -0.25) is 4.79 Å². The Labute approximate surface area is 114 Å². The van der Waals surface area contributed by atoms with E-state index < -0.39 is 19.4 Å². The Hall–Kier alpha value is -0.530. The van der Waals surface area contributed by atoms with Gasteiger partial charge in [-0.05, 0) is 13.3 Å². The Morgan fingerprint density at radius 1 is 1.00 bits per heavy atom. The summed E-state index contributed by atoms with van der Waals surface area (Å²) in [6.45, 7) is -3.64. The molecule has 17 heavy (non-hydrogen) atoms. The minimum atomic E-state index is -2.94. The summed E-state index contributed by atoms with van der Waals surface area (Å²) < 4.78 is 39.7. The molecule has 0 aromatic carbocycles. The fourth-order valence-corrected chi connectivity index (χ4v) is 1.86. The molecule has 2 heteroatoms. The normalized spacial score (nSPS) is 16.4. The van der Waals surface area contributed by atoms with Gasteiger partial charge in [0, 0.05) is 10.5 Å². The van der Waals surface area contributed by atoms with Crippen molar-refractivity contribution in [1.29, 1.82) is 0 Å². The van der Waals surface area contributed by atoms with Crippen LogP contribution in [0.15, 0.2) is 0 Å². The van der Waals surface area contributed by atoms with Crippen molar-refractivity contribution in [2.75, 3.05) is 6.56 Å². The predicted molar refractivity (Wildman–Crippen MR) is 73.1 cm³/mol. The first-order chi connectivity index (χ1) is 10.2. The van der Waals surface area contributed by atoms with Crippen LogP contribution in [0.5, 0.6) is 0 Å². The zero-order valence-electron chi connectivity index (χ0n) is 16.1. The molecule has 0 N–H and O–H groups in total. The summed E-state index contributed by atoms with van der Waals surface area (Å²) in [4.78, 5) is 11.4. The number of carbonyl (C=O) groups excluding carboxylic acids is 1. The van der Waals surface area contributed by atoms with Gasteiger partial charge in [0.25, 0.3) is 0 Å². The van der Waals surface area contributed by atoms with Crippen LogP contribution < -0.4 is 0 Å². The number of esters is 1. The molecule has 102 valence electrons. The first kappa shape index (κ1) is 9.41. The van der Waals surface area contributed by atoms with E-state index in [1.807, 2.05) is 0 Å². The summed E-state index contributed by atoms with van der Waals surface area (Å²) in [7, 11) is 0. The Bertz CT molecular complexity index is 303. The third-order valence-corrected chi connectivity index (χ3v) is 2.90. The van der Waals surface area contributed by atoms with Gasteiger partial charge in [0.1, 0.15) is 0 Å². The molecule has 0 aromatic heterocycles. The quantitative estimate of drug-likeness (QED) is 0.363. The van der Waals surface area contributed by atoms with Crippen LogP contribution in [-0.2, 0) is 9.53 Å². The highest BCUT2D eigenvalue weighted by molar-refractivity contribution is 5.69. The second-order valence-corrected chi connectivity index (χ2v) is 4.51. The molecule has 0 aliphatic heterocycles. The fraction of sp³-hybridized carbons (Fsp3) is 0.933.